The Morgan fingerprint density at radius 2 is 1.71 bits per heavy atom. The van der Waals surface area contributed by atoms with Crippen LogP contribution in [0.2, 0.25) is 0 Å². The van der Waals surface area contributed by atoms with E-state index in [4.69, 9.17) is 0 Å². The number of halogens is 3. The molecule has 1 saturated carbocycles. The Morgan fingerprint density at radius 1 is 1.07 bits per heavy atom. The number of carbonyl (C=O) groups excluding carboxylic acids is 1. The van der Waals surface area contributed by atoms with Crippen molar-refractivity contribution in [2.24, 2.45) is 0 Å². The van der Waals surface area contributed by atoms with Crippen molar-refractivity contribution in [3.8, 4) is 5.75 Å². The largest absolute Gasteiger partial charge is 0.573 e. The smallest absolute Gasteiger partial charge is 0.479 e. The Bertz CT molecular complexity index is 935. The summed E-state index contributed by atoms with van der Waals surface area (Å²) in [5.74, 6) is -1.79. The molecule has 1 atom stereocenters. The van der Waals surface area contributed by atoms with Gasteiger partial charge in [0.25, 0.3) is 0 Å². The predicted molar refractivity (Wildman–Crippen MR) is 91.4 cm³/mol. The zero-order chi connectivity index (χ0) is 20.1. The maximum atomic E-state index is 13.3. The number of hydrogen-bond acceptors (Lipinski definition) is 3. The molecule has 1 fully saturated rings. The number of carboxylic acid groups (broad SMARTS) is 1. The molecule has 0 bridgehead atoms. The van der Waals surface area contributed by atoms with E-state index in [1.54, 1.807) is 24.3 Å². The molecule has 2 aromatic rings. The van der Waals surface area contributed by atoms with Crippen molar-refractivity contribution in [2.45, 2.75) is 37.2 Å². The molecule has 1 amide bonds. The third kappa shape index (κ3) is 3.08. The van der Waals surface area contributed by atoms with Crippen LogP contribution in [0.4, 0.5) is 13.2 Å². The van der Waals surface area contributed by atoms with Gasteiger partial charge >= 0.3 is 12.3 Å². The zero-order valence-corrected chi connectivity index (χ0v) is 14.6. The summed E-state index contributed by atoms with van der Waals surface area (Å²) in [6.45, 7) is 0.197. The molecule has 4 rings (SSSR count). The van der Waals surface area contributed by atoms with Gasteiger partial charge in [0.2, 0.25) is 5.91 Å². The summed E-state index contributed by atoms with van der Waals surface area (Å²) >= 11 is 0. The molecule has 0 saturated heterocycles. The lowest BCUT2D eigenvalue weighted by atomic mass is 9.93. The van der Waals surface area contributed by atoms with Gasteiger partial charge in [0, 0.05) is 6.54 Å². The van der Waals surface area contributed by atoms with Gasteiger partial charge in [-0.2, -0.15) is 0 Å². The van der Waals surface area contributed by atoms with E-state index in [1.165, 1.54) is 29.2 Å². The summed E-state index contributed by atoms with van der Waals surface area (Å²) in [7, 11) is 0. The number of nitrogens with zero attached hydrogens (tertiary/aromatic N) is 1. The molecule has 8 heteroatoms. The van der Waals surface area contributed by atoms with Crippen molar-refractivity contribution in [3.05, 3.63) is 65.2 Å². The summed E-state index contributed by atoms with van der Waals surface area (Å²) < 4.78 is 40.9. The second-order valence-electron chi connectivity index (χ2n) is 7.03. The number of alkyl halides is 3. The number of aliphatic carboxylic acids is 1. The second-order valence-corrected chi connectivity index (χ2v) is 7.03. The van der Waals surface area contributed by atoms with Crippen LogP contribution in [-0.2, 0) is 21.5 Å². The van der Waals surface area contributed by atoms with Gasteiger partial charge in [0.1, 0.15) is 5.75 Å². The first-order valence-electron chi connectivity index (χ1n) is 8.69. The summed E-state index contributed by atoms with van der Waals surface area (Å²) in [5.41, 5.74) is 1.04. The third-order valence-electron chi connectivity index (χ3n) is 5.30. The van der Waals surface area contributed by atoms with Crippen LogP contribution in [0.3, 0.4) is 0 Å². The Kier molecular flexibility index (Phi) is 4.10. The highest BCUT2D eigenvalue weighted by molar-refractivity contribution is 5.95. The molecule has 0 spiro atoms. The minimum Gasteiger partial charge on any atom is -0.479 e. The van der Waals surface area contributed by atoms with Crippen LogP contribution < -0.4 is 4.74 Å². The molecule has 2 aromatic carbocycles. The van der Waals surface area contributed by atoms with Gasteiger partial charge in [-0.1, -0.05) is 36.4 Å². The Morgan fingerprint density at radius 3 is 2.29 bits per heavy atom. The third-order valence-corrected chi connectivity index (χ3v) is 5.30. The highest BCUT2D eigenvalue weighted by Gasteiger charge is 2.55. The fourth-order valence-corrected chi connectivity index (χ4v) is 3.84. The van der Waals surface area contributed by atoms with Crippen molar-refractivity contribution >= 4 is 11.9 Å². The first-order chi connectivity index (χ1) is 13.2. The van der Waals surface area contributed by atoms with Crippen LogP contribution >= 0.6 is 0 Å². The van der Waals surface area contributed by atoms with E-state index in [0.29, 0.717) is 24.0 Å². The summed E-state index contributed by atoms with van der Waals surface area (Å²) in [6.07, 6.45) is -3.75. The minimum absolute atomic E-state index is 0.197. The maximum Gasteiger partial charge on any atom is 0.573 e. The number of ether oxygens (including phenoxy) is 1. The Balaban J connectivity index is 1.60. The van der Waals surface area contributed by atoms with E-state index in [-0.39, 0.29) is 18.2 Å². The fourth-order valence-electron chi connectivity index (χ4n) is 3.84. The fraction of sp³-hybridized carbons (Fsp3) is 0.300. The molecular weight excluding hydrogens is 375 g/mol. The summed E-state index contributed by atoms with van der Waals surface area (Å²) in [5, 5.41) is 9.66. The average Bonchev–Trinajstić information content (AvgIpc) is 3.34. The molecule has 0 aromatic heterocycles. The SMILES string of the molecule is O=C(O)[C@@H]1c2ccccc2CN1C(=O)C1(c2ccc(OC(F)(F)F)cc2)CC1. The molecule has 1 heterocycles. The van der Waals surface area contributed by atoms with Gasteiger partial charge in [-0.3, -0.25) is 4.79 Å². The molecule has 1 aliphatic carbocycles. The number of hydrogen-bond donors (Lipinski definition) is 1. The van der Waals surface area contributed by atoms with E-state index < -0.39 is 23.8 Å². The van der Waals surface area contributed by atoms with Crippen LogP contribution in [0.5, 0.6) is 5.75 Å². The number of rotatable bonds is 4. The predicted octanol–water partition coefficient (Wildman–Crippen LogP) is 3.78. The Hall–Kier alpha value is -3.03. The normalized spacial score (nSPS) is 19.8. The minimum atomic E-state index is -4.79. The van der Waals surface area contributed by atoms with Gasteiger partial charge in [-0.25, -0.2) is 4.79 Å². The van der Waals surface area contributed by atoms with E-state index >= 15 is 0 Å². The lowest BCUT2D eigenvalue weighted by Gasteiger charge is -2.27. The van der Waals surface area contributed by atoms with Gasteiger partial charge in [-0.05, 0) is 41.7 Å². The number of amides is 1. The highest BCUT2D eigenvalue weighted by Crippen LogP contribution is 2.52. The Labute approximate surface area is 158 Å². The average molecular weight is 391 g/mol. The van der Waals surface area contributed by atoms with Crippen molar-refractivity contribution in [1.82, 2.24) is 4.90 Å². The standard InChI is InChI=1S/C20H16F3NO4/c21-20(22,23)28-14-7-5-13(6-8-14)19(9-10-19)18(27)24-11-12-3-1-2-4-15(12)16(24)17(25)26/h1-8,16H,9-11H2,(H,25,26)/t16-/m0/s1. The van der Waals surface area contributed by atoms with E-state index in [0.717, 1.165) is 5.56 Å². The van der Waals surface area contributed by atoms with Gasteiger partial charge in [-0.15, -0.1) is 13.2 Å². The van der Waals surface area contributed by atoms with Crippen molar-refractivity contribution in [2.75, 3.05) is 0 Å². The lowest BCUT2D eigenvalue weighted by molar-refractivity contribution is -0.274. The molecule has 146 valence electrons. The second kappa shape index (κ2) is 6.25. The molecule has 28 heavy (non-hydrogen) atoms. The number of carbonyl (C=O) groups is 2. The van der Waals surface area contributed by atoms with Crippen LogP contribution in [-0.4, -0.2) is 28.2 Å². The van der Waals surface area contributed by atoms with Crippen molar-refractivity contribution < 1.29 is 32.6 Å². The molecule has 2 aliphatic rings. The monoisotopic (exact) mass is 391 g/mol. The molecular formula is C20H16F3NO4. The van der Waals surface area contributed by atoms with Crippen LogP contribution in [0.15, 0.2) is 48.5 Å². The summed E-state index contributed by atoms with van der Waals surface area (Å²) in [6, 6.07) is 11.2. The highest BCUT2D eigenvalue weighted by atomic mass is 19.4. The first-order valence-corrected chi connectivity index (χ1v) is 8.69. The number of carboxylic acids is 1. The zero-order valence-electron chi connectivity index (χ0n) is 14.6. The van der Waals surface area contributed by atoms with E-state index in [9.17, 15) is 27.9 Å². The molecule has 0 unspecified atom stereocenters. The number of benzene rings is 2. The van der Waals surface area contributed by atoms with Crippen molar-refractivity contribution in [3.63, 3.8) is 0 Å². The van der Waals surface area contributed by atoms with E-state index in [2.05, 4.69) is 4.74 Å². The summed E-state index contributed by atoms with van der Waals surface area (Å²) in [4.78, 5) is 26.4. The van der Waals surface area contributed by atoms with Crippen LogP contribution in [0, 0.1) is 0 Å². The van der Waals surface area contributed by atoms with Gasteiger partial charge in [0.15, 0.2) is 6.04 Å². The molecule has 5 nitrogen and oxygen atoms in total. The first kappa shape index (κ1) is 18.3. The van der Waals surface area contributed by atoms with Gasteiger partial charge < -0.3 is 14.7 Å². The van der Waals surface area contributed by atoms with E-state index in [1.807, 2.05) is 0 Å². The van der Waals surface area contributed by atoms with Gasteiger partial charge in [0.05, 0.1) is 5.41 Å². The van der Waals surface area contributed by atoms with Crippen LogP contribution in [0.25, 0.3) is 0 Å². The quantitative estimate of drug-likeness (QED) is 0.861. The topological polar surface area (TPSA) is 66.8 Å². The molecule has 0 radical (unpaired) electrons. The van der Waals surface area contributed by atoms with Crippen molar-refractivity contribution in [1.29, 1.82) is 0 Å². The van der Waals surface area contributed by atoms with Crippen LogP contribution in [0.1, 0.15) is 35.6 Å². The number of fused-ring (bicyclic) bond motifs is 1. The molecule has 1 N–H and O–H groups in total. The lowest BCUT2D eigenvalue weighted by Crippen LogP contribution is -2.40. The maximum absolute atomic E-state index is 13.3. The molecule has 1 aliphatic heterocycles.